The normalized spacial score (nSPS) is 12.0. The molecule has 0 saturated carbocycles. The van der Waals surface area contributed by atoms with Gasteiger partial charge < -0.3 is 10.1 Å². The Kier molecular flexibility index (Phi) is 2.35. The molecule has 0 radical (unpaired) electrons. The summed E-state index contributed by atoms with van der Waals surface area (Å²) in [4.78, 5) is 10.7. The van der Waals surface area contributed by atoms with Crippen LogP contribution in [0, 0.1) is 10.1 Å². The summed E-state index contributed by atoms with van der Waals surface area (Å²) < 4.78 is 5.81. The molecule has 0 atom stereocenters. The Hall–Kier alpha value is -3.08. The van der Waals surface area contributed by atoms with Gasteiger partial charge in [-0.2, -0.15) is 0 Å². The fourth-order valence-corrected chi connectivity index (χ4v) is 2.54. The first-order chi connectivity index (χ1) is 10.2. The van der Waals surface area contributed by atoms with Crippen molar-refractivity contribution in [3.05, 3.63) is 64.7 Å². The minimum Gasteiger partial charge on any atom is -0.453 e. The van der Waals surface area contributed by atoms with Gasteiger partial charge in [-0.25, -0.2) is 0 Å². The monoisotopic (exact) mass is 278 g/mol. The fraction of sp³-hybridized carbons (Fsp3) is 0. The summed E-state index contributed by atoms with van der Waals surface area (Å²) in [5.41, 5.74) is 1.13. The van der Waals surface area contributed by atoms with E-state index in [1.807, 2.05) is 36.4 Å². The van der Waals surface area contributed by atoms with Crippen molar-refractivity contribution in [2.24, 2.45) is 0 Å². The van der Waals surface area contributed by atoms with E-state index in [2.05, 4.69) is 5.32 Å². The van der Waals surface area contributed by atoms with Gasteiger partial charge in [0.1, 0.15) is 0 Å². The van der Waals surface area contributed by atoms with Crippen molar-refractivity contribution in [3.63, 3.8) is 0 Å². The summed E-state index contributed by atoms with van der Waals surface area (Å²) in [7, 11) is 0. The molecule has 1 N–H and O–H groups in total. The van der Waals surface area contributed by atoms with Crippen molar-refractivity contribution in [2.45, 2.75) is 0 Å². The van der Waals surface area contributed by atoms with Crippen LogP contribution >= 0.6 is 0 Å². The van der Waals surface area contributed by atoms with E-state index in [0.717, 1.165) is 16.5 Å². The molecule has 1 aliphatic rings. The zero-order valence-electron chi connectivity index (χ0n) is 10.9. The van der Waals surface area contributed by atoms with Gasteiger partial charge in [0.25, 0.3) is 5.69 Å². The highest BCUT2D eigenvalue weighted by Crippen LogP contribution is 2.47. The molecule has 0 amide bonds. The maximum atomic E-state index is 11.1. The first-order valence-electron chi connectivity index (χ1n) is 6.47. The molecule has 0 bridgehead atoms. The second-order valence-corrected chi connectivity index (χ2v) is 4.83. The van der Waals surface area contributed by atoms with E-state index in [-0.39, 0.29) is 5.69 Å². The van der Waals surface area contributed by atoms with Crippen molar-refractivity contribution < 1.29 is 9.66 Å². The highest BCUT2D eigenvalue weighted by molar-refractivity contribution is 5.92. The predicted molar refractivity (Wildman–Crippen MR) is 80.4 cm³/mol. The highest BCUT2D eigenvalue weighted by Gasteiger charge is 2.24. The number of rotatable bonds is 1. The summed E-state index contributed by atoms with van der Waals surface area (Å²) in [6.07, 6.45) is 0. The molecule has 5 nitrogen and oxygen atoms in total. The van der Waals surface area contributed by atoms with Crippen LogP contribution in [-0.4, -0.2) is 4.92 Å². The lowest BCUT2D eigenvalue weighted by Crippen LogP contribution is -2.05. The van der Waals surface area contributed by atoms with Gasteiger partial charge in [0.2, 0.25) is 0 Å². The molecule has 3 aromatic carbocycles. The molecule has 0 spiro atoms. The number of anilines is 2. The Morgan fingerprint density at radius 2 is 1.71 bits per heavy atom. The number of nitrogens with zero attached hydrogens (tertiary/aromatic N) is 1. The van der Waals surface area contributed by atoms with Crippen molar-refractivity contribution >= 4 is 27.8 Å². The van der Waals surface area contributed by atoms with Crippen molar-refractivity contribution in [1.82, 2.24) is 0 Å². The van der Waals surface area contributed by atoms with Gasteiger partial charge in [-0.15, -0.1) is 0 Å². The number of ether oxygens (including phenoxy) is 1. The molecule has 0 aromatic heterocycles. The van der Waals surface area contributed by atoms with Crippen molar-refractivity contribution in [2.75, 3.05) is 5.32 Å². The van der Waals surface area contributed by atoms with Gasteiger partial charge in [-0.3, -0.25) is 10.1 Å². The number of fused-ring (bicyclic) bond motifs is 3. The number of para-hydroxylation sites is 1. The van der Waals surface area contributed by atoms with E-state index in [0.29, 0.717) is 17.2 Å². The third-order valence-electron chi connectivity index (χ3n) is 3.53. The van der Waals surface area contributed by atoms with Crippen LogP contribution < -0.4 is 10.1 Å². The van der Waals surface area contributed by atoms with E-state index in [1.165, 1.54) is 6.07 Å². The van der Waals surface area contributed by atoms with E-state index < -0.39 is 4.92 Å². The van der Waals surface area contributed by atoms with E-state index >= 15 is 0 Å². The summed E-state index contributed by atoms with van der Waals surface area (Å²) in [5.74, 6) is 1.13. The Morgan fingerprint density at radius 1 is 0.952 bits per heavy atom. The lowest BCUT2D eigenvalue weighted by molar-refractivity contribution is -0.384. The van der Waals surface area contributed by atoms with Crippen LogP contribution in [0.2, 0.25) is 0 Å². The van der Waals surface area contributed by atoms with Gasteiger partial charge in [0.15, 0.2) is 17.2 Å². The molecule has 0 saturated heterocycles. The van der Waals surface area contributed by atoms with E-state index in [4.69, 9.17) is 4.74 Å². The Balaban J connectivity index is 1.90. The molecule has 1 aliphatic heterocycles. The van der Waals surface area contributed by atoms with Crippen LogP contribution in [0.1, 0.15) is 0 Å². The largest absolute Gasteiger partial charge is 0.453 e. The van der Waals surface area contributed by atoms with Crippen LogP contribution in [0.3, 0.4) is 0 Å². The average Bonchev–Trinajstić information content (AvgIpc) is 2.50. The molecule has 0 fully saturated rings. The first-order valence-corrected chi connectivity index (χ1v) is 6.47. The van der Waals surface area contributed by atoms with E-state index in [1.54, 1.807) is 12.1 Å². The number of nitro groups is 1. The molecule has 3 aromatic rings. The Morgan fingerprint density at radius 3 is 2.48 bits per heavy atom. The number of hydrogen-bond donors (Lipinski definition) is 1. The molecule has 102 valence electrons. The van der Waals surface area contributed by atoms with Gasteiger partial charge in [-0.05, 0) is 29.0 Å². The van der Waals surface area contributed by atoms with Gasteiger partial charge in [0.05, 0.1) is 10.6 Å². The predicted octanol–water partition coefficient (Wildman–Crippen LogP) is 4.60. The molecule has 1 heterocycles. The summed E-state index contributed by atoms with van der Waals surface area (Å²) in [6.45, 7) is 0. The zero-order valence-corrected chi connectivity index (χ0v) is 10.9. The number of nitro benzene ring substituents is 1. The summed E-state index contributed by atoms with van der Waals surface area (Å²) in [6, 6.07) is 16.6. The molecular weight excluding hydrogens is 268 g/mol. The van der Waals surface area contributed by atoms with Gasteiger partial charge in [0, 0.05) is 6.07 Å². The average molecular weight is 278 g/mol. The maximum Gasteiger partial charge on any atom is 0.296 e. The Bertz CT molecular complexity index is 890. The van der Waals surface area contributed by atoms with Crippen molar-refractivity contribution in [3.8, 4) is 11.5 Å². The smallest absolute Gasteiger partial charge is 0.296 e. The van der Waals surface area contributed by atoms with Crippen molar-refractivity contribution in [1.29, 1.82) is 0 Å². The van der Waals surface area contributed by atoms with Crippen LogP contribution in [0.15, 0.2) is 54.6 Å². The van der Waals surface area contributed by atoms with Crippen LogP contribution in [-0.2, 0) is 0 Å². The molecule has 0 aliphatic carbocycles. The third-order valence-corrected chi connectivity index (χ3v) is 3.53. The summed E-state index contributed by atoms with van der Waals surface area (Å²) in [5, 5.41) is 16.3. The maximum absolute atomic E-state index is 11.1. The highest BCUT2D eigenvalue weighted by atomic mass is 16.6. The zero-order chi connectivity index (χ0) is 14.4. The topological polar surface area (TPSA) is 64.4 Å². The number of nitrogens with one attached hydrogen (secondary N) is 1. The lowest BCUT2D eigenvalue weighted by Gasteiger charge is -2.22. The van der Waals surface area contributed by atoms with Crippen LogP contribution in [0.4, 0.5) is 17.1 Å². The van der Waals surface area contributed by atoms with Gasteiger partial charge in [-0.1, -0.05) is 30.3 Å². The minimum absolute atomic E-state index is 0.00584. The molecule has 5 heteroatoms. The minimum atomic E-state index is -0.415. The SMILES string of the molecule is O=[N+]([O-])c1cccc2c1Nc1cc3ccccc3cc1O2. The van der Waals surface area contributed by atoms with Gasteiger partial charge >= 0.3 is 0 Å². The van der Waals surface area contributed by atoms with E-state index in [9.17, 15) is 10.1 Å². The standard InChI is InChI=1S/C16H10N2O3/c19-18(20)13-6-3-7-14-16(13)17-12-8-10-4-1-2-5-11(10)9-15(12)21-14/h1-9,17H. The number of benzene rings is 3. The van der Waals surface area contributed by atoms with Crippen LogP contribution in [0.5, 0.6) is 11.5 Å². The summed E-state index contributed by atoms with van der Waals surface area (Å²) >= 11 is 0. The second-order valence-electron chi connectivity index (χ2n) is 4.83. The Labute approximate surface area is 119 Å². The molecule has 0 unspecified atom stereocenters. The lowest BCUT2D eigenvalue weighted by atomic mass is 10.1. The third kappa shape index (κ3) is 1.79. The molecular formula is C16H10N2O3. The fourth-order valence-electron chi connectivity index (χ4n) is 2.54. The molecule has 21 heavy (non-hydrogen) atoms. The second kappa shape index (κ2) is 4.21. The van der Waals surface area contributed by atoms with Crippen LogP contribution in [0.25, 0.3) is 10.8 Å². The number of hydrogen-bond acceptors (Lipinski definition) is 4. The quantitative estimate of drug-likeness (QED) is 0.408. The first kappa shape index (κ1) is 11.7. The molecule has 4 rings (SSSR count).